The van der Waals surface area contributed by atoms with Crippen LogP contribution in [0.15, 0.2) is 36.5 Å². The van der Waals surface area contributed by atoms with Crippen LogP contribution in [-0.4, -0.2) is 40.9 Å². The smallest absolute Gasteiger partial charge is 0.251 e. The van der Waals surface area contributed by atoms with E-state index in [1.54, 1.807) is 17.4 Å². The van der Waals surface area contributed by atoms with Crippen LogP contribution >= 0.6 is 11.3 Å². The monoisotopic (exact) mass is 466 g/mol. The summed E-state index contributed by atoms with van der Waals surface area (Å²) in [5.74, 6) is 1.24. The zero-order chi connectivity index (χ0) is 23.4. The number of carbonyl (C=O) groups is 1. The summed E-state index contributed by atoms with van der Waals surface area (Å²) in [6.45, 7) is 10.1. The fourth-order valence-electron chi connectivity index (χ4n) is 3.55. The van der Waals surface area contributed by atoms with Gasteiger partial charge >= 0.3 is 0 Å². The zero-order valence-corrected chi connectivity index (χ0v) is 20.3. The Morgan fingerprint density at radius 2 is 2.09 bits per heavy atom. The van der Waals surface area contributed by atoms with E-state index in [-0.39, 0.29) is 11.9 Å². The fourth-order valence-corrected chi connectivity index (χ4v) is 4.45. The normalized spacial score (nSPS) is 16.7. The Hall–Kier alpha value is -2.84. The van der Waals surface area contributed by atoms with Gasteiger partial charge in [0.05, 0.1) is 30.6 Å². The Bertz CT molecular complexity index is 1090. The first-order valence-corrected chi connectivity index (χ1v) is 12.1. The largest absolute Gasteiger partial charge is 0.493 e. The Balaban J connectivity index is 1.58. The molecule has 2 aromatic heterocycles. The maximum Gasteiger partial charge on any atom is 0.251 e. The van der Waals surface area contributed by atoms with Crippen molar-refractivity contribution in [1.29, 1.82) is 0 Å². The molecule has 1 aliphatic heterocycles. The summed E-state index contributed by atoms with van der Waals surface area (Å²) in [6, 6.07) is 9.12. The van der Waals surface area contributed by atoms with Gasteiger partial charge in [0.15, 0.2) is 0 Å². The van der Waals surface area contributed by atoms with Gasteiger partial charge in [-0.1, -0.05) is 13.8 Å². The molecule has 4 rings (SSSR count). The second-order valence-corrected chi connectivity index (χ2v) is 9.87. The molecule has 2 atom stereocenters. The van der Waals surface area contributed by atoms with Crippen molar-refractivity contribution in [3.63, 3.8) is 0 Å². The highest BCUT2D eigenvalue weighted by atomic mass is 32.1. The molecule has 1 aliphatic rings. The Morgan fingerprint density at radius 1 is 1.24 bits per heavy atom. The summed E-state index contributed by atoms with van der Waals surface area (Å²) in [4.78, 5) is 19.0. The predicted molar refractivity (Wildman–Crippen MR) is 129 cm³/mol. The number of aromatic nitrogens is 3. The van der Waals surface area contributed by atoms with E-state index in [0.29, 0.717) is 42.1 Å². The zero-order valence-electron chi connectivity index (χ0n) is 19.5. The molecule has 8 heteroatoms. The van der Waals surface area contributed by atoms with E-state index in [1.165, 1.54) is 4.88 Å². The molecular weight excluding hydrogens is 436 g/mol. The second kappa shape index (κ2) is 10.4. The minimum Gasteiger partial charge on any atom is -0.493 e. The highest BCUT2D eigenvalue weighted by Gasteiger charge is 2.19. The molecule has 3 aromatic rings. The van der Waals surface area contributed by atoms with E-state index in [0.717, 1.165) is 29.3 Å². The lowest BCUT2D eigenvalue weighted by Gasteiger charge is -2.15. The third-order valence-corrected chi connectivity index (χ3v) is 6.97. The molecule has 0 spiro atoms. The van der Waals surface area contributed by atoms with Gasteiger partial charge in [0.2, 0.25) is 0 Å². The van der Waals surface area contributed by atoms with Crippen molar-refractivity contribution < 1.29 is 14.3 Å². The molecule has 174 valence electrons. The number of aryl methyl sites for hydroxylation is 1. The van der Waals surface area contributed by atoms with E-state index >= 15 is 0 Å². The average Bonchev–Trinajstić information content (AvgIpc) is 3.50. The van der Waals surface area contributed by atoms with Crippen LogP contribution < -0.4 is 10.1 Å². The number of benzene rings is 1. The lowest BCUT2D eigenvalue weighted by atomic mass is 10.1. The predicted octanol–water partition coefficient (Wildman–Crippen LogP) is 4.94. The van der Waals surface area contributed by atoms with E-state index in [1.807, 2.05) is 44.3 Å². The maximum atomic E-state index is 13.2. The molecule has 7 nitrogen and oxygen atoms in total. The number of rotatable bonds is 8. The maximum absolute atomic E-state index is 13.2. The number of ether oxygens (including phenoxy) is 2. The average molecular weight is 467 g/mol. The van der Waals surface area contributed by atoms with E-state index in [2.05, 4.69) is 34.3 Å². The number of hydrogen-bond acceptors (Lipinski definition) is 7. The van der Waals surface area contributed by atoms with Crippen LogP contribution in [0.4, 0.5) is 0 Å². The molecule has 1 aromatic carbocycles. The van der Waals surface area contributed by atoms with Gasteiger partial charge in [-0.3, -0.25) is 4.79 Å². The van der Waals surface area contributed by atoms with Crippen LogP contribution in [0.3, 0.4) is 0 Å². The van der Waals surface area contributed by atoms with Gasteiger partial charge in [-0.05, 0) is 56.5 Å². The molecule has 0 bridgehead atoms. The molecule has 1 N–H and O–H groups in total. The highest BCUT2D eigenvalue weighted by molar-refractivity contribution is 7.15. The fraction of sp³-hybridized carbons (Fsp3) is 0.440. The third-order valence-electron chi connectivity index (χ3n) is 5.63. The number of amides is 1. The SMILES string of the molecule is Cc1ccc(C(C)NC(=O)c2cc(OC[C@@H]3CCOC3)cc(-c3ncc(C(C)C)s3)c2)nn1. The Labute approximate surface area is 198 Å². The first-order chi connectivity index (χ1) is 15.9. The molecule has 3 heterocycles. The molecule has 1 fully saturated rings. The number of carbonyl (C=O) groups excluding carboxylic acids is 1. The number of nitrogens with zero attached hydrogens (tertiary/aromatic N) is 3. The van der Waals surface area contributed by atoms with Gasteiger partial charge < -0.3 is 14.8 Å². The van der Waals surface area contributed by atoms with Crippen molar-refractivity contribution in [2.24, 2.45) is 5.92 Å². The van der Waals surface area contributed by atoms with Crippen LogP contribution in [0.1, 0.15) is 65.8 Å². The molecule has 33 heavy (non-hydrogen) atoms. The van der Waals surface area contributed by atoms with E-state index in [9.17, 15) is 4.79 Å². The van der Waals surface area contributed by atoms with Gasteiger partial charge in [-0.2, -0.15) is 10.2 Å². The van der Waals surface area contributed by atoms with Gasteiger partial charge in [-0.25, -0.2) is 4.98 Å². The molecule has 0 radical (unpaired) electrons. The first-order valence-electron chi connectivity index (χ1n) is 11.3. The Kier molecular flexibility index (Phi) is 7.35. The third kappa shape index (κ3) is 5.94. The number of nitrogens with one attached hydrogen (secondary N) is 1. The van der Waals surface area contributed by atoms with E-state index in [4.69, 9.17) is 9.47 Å². The van der Waals surface area contributed by atoms with Crippen LogP contribution in [0.2, 0.25) is 0 Å². The molecule has 1 amide bonds. The quantitative estimate of drug-likeness (QED) is 0.506. The van der Waals surface area contributed by atoms with Crippen LogP contribution in [0.25, 0.3) is 10.6 Å². The molecule has 1 unspecified atom stereocenters. The van der Waals surface area contributed by atoms with Gasteiger partial charge in [0, 0.05) is 34.7 Å². The van der Waals surface area contributed by atoms with Crippen molar-refractivity contribution in [3.8, 4) is 16.3 Å². The van der Waals surface area contributed by atoms with Crippen molar-refractivity contribution in [2.45, 2.75) is 46.1 Å². The van der Waals surface area contributed by atoms with Crippen LogP contribution in [-0.2, 0) is 4.74 Å². The molecule has 1 saturated heterocycles. The van der Waals surface area contributed by atoms with Crippen molar-refractivity contribution in [1.82, 2.24) is 20.5 Å². The lowest BCUT2D eigenvalue weighted by molar-refractivity contribution is 0.0938. The van der Waals surface area contributed by atoms with Gasteiger partial charge in [0.25, 0.3) is 5.91 Å². The second-order valence-electron chi connectivity index (χ2n) is 8.80. The molecule has 0 aliphatic carbocycles. The summed E-state index contributed by atoms with van der Waals surface area (Å²) in [5, 5.41) is 12.2. The molecular formula is C25H30N4O3S. The number of thiazole rings is 1. The molecule has 0 saturated carbocycles. The first kappa shape index (κ1) is 23.3. The van der Waals surface area contributed by atoms with Crippen molar-refractivity contribution >= 4 is 17.2 Å². The highest BCUT2D eigenvalue weighted by Crippen LogP contribution is 2.33. The summed E-state index contributed by atoms with van der Waals surface area (Å²) < 4.78 is 11.5. The summed E-state index contributed by atoms with van der Waals surface area (Å²) in [5.41, 5.74) is 2.95. The summed E-state index contributed by atoms with van der Waals surface area (Å²) >= 11 is 1.64. The van der Waals surface area contributed by atoms with Crippen molar-refractivity contribution in [3.05, 3.63) is 58.4 Å². The van der Waals surface area contributed by atoms with Gasteiger partial charge in [-0.15, -0.1) is 11.3 Å². The summed E-state index contributed by atoms with van der Waals surface area (Å²) in [7, 11) is 0. The van der Waals surface area contributed by atoms with E-state index < -0.39 is 0 Å². The van der Waals surface area contributed by atoms with Gasteiger partial charge in [0.1, 0.15) is 10.8 Å². The van der Waals surface area contributed by atoms with Crippen LogP contribution in [0, 0.1) is 12.8 Å². The standard InChI is InChI=1S/C25H30N4O3S/c1-15(2)23-12-26-25(33-23)20-9-19(10-21(11-20)32-14-18-7-8-31-13-18)24(30)27-17(4)22-6-5-16(3)28-29-22/h5-6,9-12,15,17-18H,7-8,13-14H2,1-4H3,(H,27,30)/t17?,18-/m1/s1. The number of hydrogen-bond donors (Lipinski definition) is 1. The topological polar surface area (TPSA) is 86.2 Å². The minimum atomic E-state index is -0.276. The lowest BCUT2D eigenvalue weighted by Crippen LogP contribution is -2.27. The van der Waals surface area contributed by atoms with Crippen LogP contribution in [0.5, 0.6) is 5.75 Å². The minimum absolute atomic E-state index is 0.193. The van der Waals surface area contributed by atoms with Crippen molar-refractivity contribution in [2.75, 3.05) is 19.8 Å². The Morgan fingerprint density at radius 3 is 2.76 bits per heavy atom. The summed E-state index contributed by atoms with van der Waals surface area (Å²) in [6.07, 6.45) is 2.90.